The highest BCUT2D eigenvalue weighted by molar-refractivity contribution is 4.60. The molecule has 0 aromatic heterocycles. The van der Waals surface area contributed by atoms with E-state index >= 15 is 0 Å². The van der Waals surface area contributed by atoms with Crippen LogP contribution in [0.3, 0.4) is 0 Å². The molecule has 9 heavy (non-hydrogen) atoms. The van der Waals surface area contributed by atoms with E-state index in [1.54, 1.807) is 0 Å². The number of hydrogen-bond acceptors (Lipinski definition) is 6. The third-order valence-corrected chi connectivity index (χ3v) is 0.879. The summed E-state index contributed by atoms with van der Waals surface area (Å²) in [6, 6.07) is 0. The van der Waals surface area contributed by atoms with Crippen LogP contribution in [0.1, 0.15) is 0 Å². The van der Waals surface area contributed by atoms with E-state index in [-0.39, 0.29) is 18.5 Å². The van der Waals surface area contributed by atoms with Crippen LogP contribution in [0.2, 0.25) is 0 Å². The van der Waals surface area contributed by atoms with Gasteiger partial charge in [0.15, 0.2) is 0 Å². The number of nitroso groups, excluding NO2 is 1. The van der Waals surface area contributed by atoms with Crippen molar-refractivity contribution in [3.63, 3.8) is 0 Å². The maximum absolute atomic E-state index is 10.1. The van der Waals surface area contributed by atoms with Gasteiger partial charge in [-0.05, 0) is 0 Å². The highest BCUT2D eigenvalue weighted by Gasteiger charge is 2.18. The molecule has 0 aliphatic carbocycles. The maximum Gasteiger partial charge on any atom is 0.129 e. The first kappa shape index (κ1) is 6.56. The highest BCUT2D eigenvalue weighted by atomic mass is 17.1. The summed E-state index contributed by atoms with van der Waals surface area (Å²) < 4.78 is 0. The Bertz CT molecular complexity index is 108. The van der Waals surface area contributed by atoms with E-state index in [1.165, 1.54) is 0 Å². The lowest BCUT2D eigenvalue weighted by atomic mass is 10.4. The van der Waals surface area contributed by atoms with Gasteiger partial charge in [0.2, 0.25) is 0 Å². The predicted molar refractivity (Wildman–Crippen MR) is 26.7 cm³/mol. The van der Waals surface area contributed by atoms with Gasteiger partial charge in [-0.3, -0.25) is 9.68 Å². The second kappa shape index (κ2) is 2.83. The standard InChI is InChI=1S/C3H5N2O4/c6-4-1-3-2-8-5(7)9-3/h3H,1-2H2/q-1. The molecular weight excluding hydrogens is 128 g/mol. The lowest BCUT2D eigenvalue weighted by Crippen LogP contribution is -2.14. The van der Waals surface area contributed by atoms with Crippen LogP contribution in [0.25, 0.3) is 0 Å². The van der Waals surface area contributed by atoms with E-state index in [0.717, 1.165) is 0 Å². The summed E-state index contributed by atoms with van der Waals surface area (Å²) in [4.78, 5) is 18.2. The molecule has 1 aliphatic heterocycles. The molecule has 1 aliphatic rings. The Morgan fingerprint density at radius 1 is 1.89 bits per heavy atom. The molecule has 52 valence electrons. The Labute approximate surface area is 50.8 Å². The molecule has 1 saturated heterocycles. The molecule has 6 heteroatoms. The Balaban J connectivity index is 2.21. The summed E-state index contributed by atoms with van der Waals surface area (Å²) in [7, 11) is 0. The van der Waals surface area contributed by atoms with Gasteiger partial charge in [0.1, 0.15) is 19.3 Å². The smallest absolute Gasteiger partial charge is 0.129 e. The predicted octanol–water partition coefficient (Wildman–Crippen LogP) is -0.202. The average molecular weight is 133 g/mol. The molecule has 0 N–H and O–H groups in total. The molecule has 0 bridgehead atoms. The molecule has 1 fully saturated rings. The van der Waals surface area contributed by atoms with Crippen LogP contribution in [0, 0.1) is 10.1 Å². The van der Waals surface area contributed by atoms with Crippen LogP contribution in [-0.4, -0.2) is 24.6 Å². The van der Waals surface area contributed by atoms with Crippen molar-refractivity contribution in [1.29, 1.82) is 0 Å². The topological polar surface area (TPSA) is 74.2 Å². The van der Waals surface area contributed by atoms with Crippen molar-refractivity contribution >= 4 is 0 Å². The fourth-order valence-electron chi connectivity index (χ4n) is 0.496. The molecule has 1 heterocycles. The molecule has 0 spiro atoms. The Morgan fingerprint density at radius 3 is 3.11 bits per heavy atom. The van der Waals surface area contributed by atoms with Gasteiger partial charge in [-0.1, -0.05) is 5.18 Å². The van der Waals surface area contributed by atoms with Crippen LogP contribution in [0.5, 0.6) is 0 Å². The first-order valence-corrected chi connectivity index (χ1v) is 2.39. The summed E-state index contributed by atoms with van der Waals surface area (Å²) in [6.45, 7) is 0.0635. The van der Waals surface area contributed by atoms with Crippen molar-refractivity contribution in [1.82, 2.24) is 5.39 Å². The van der Waals surface area contributed by atoms with Crippen LogP contribution < -0.4 is 0 Å². The second-order valence-electron chi connectivity index (χ2n) is 1.56. The Hall–Kier alpha value is -0.560. The SMILES string of the molecule is O=NCC1CON([O-])O1. The lowest BCUT2D eigenvalue weighted by Gasteiger charge is -2.15. The van der Waals surface area contributed by atoms with E-state index in [9.17, 15) is 10.1 Å². The molecule has 1 unspecified atom stereocenters. The van der Waals surface area contributed by atoms with Crippen molar-refractivity contribution in [3.8, 4) is 0 Å². The lowest BCUT2D eigenvalue weighted by molar-refractivity contribution is -0.269. The Kier molecular flexibility index (Phi) is 2.06. The number of nitrogens with zero attached hydrogens (tertiary/aromatic N) is 2. The molecular formula is C3H5N2O4-. The summed E-state index contributed by atoms with van der Waals surface area (Å²) in [6.07, 6.45) is -0.500. The zero-order valence-electron chi connectivity index (χ0n) is 4.52. The van der Waals surface area contributed by atoms with E-state index in [1.807, 2.05) is 0 Å². The van der Waals surface area contributed by atoms with Gasteiger partial charge in [0.25, 0.3) is 0 Å². The van der Waals surface area contributed by atoms with Crippen molar-refractivity contribution in [2.75, 3.05) is 13.2 Å². The normalized spacial score (nSPS) is 28.8. The third kappa shape index (κ3) is 1.68. The fraction of sp³-hybridized carbons (Fsp3) is 1.00. The molecule has 0 saturated carbocycles. The third-order valence-electron chi connectivity index (χ3n) is 0.879. The van der Waals surface area contributed by atoms with Crippen LogP contribution in [-0.2, 0) is 9.68 Å². The average Bonchev–Trinajstić information content (AvgIpc) is 2.17. The first-order chi connectivity index (χ1) is 4.33. The summed E-state index contributed by atoms with van der Waals surface area (Å²) >= 11 is 0. The van der Waals surface area contributed by atoms with Gasteiger partial charge < -0.3 is 5.21 Å². The largest absolute Gasteiger partial charge is 0.738 e. The fourth-order valence-corrected chi connectivity index (χ4v) is 0.496. The zero-order chi connectivity index (χ0) is 6.69. The highest BCUT2D eigenvalue weighted by Crippen LogP contribution is 2.07. The Morgan fingerprint density at radius 2 is 2.67 bits per heavy atom. The minimum atomic E-state index is -0.500. The van der Waals surface area contributed by atoms with Gasteiger partial charge in [-0.15, -0.1) is 5.39 Å². The van der Waals surface area contributed by atoms with E-state index in [0.29, 0.717) is 0 Å². The first-order valence-electron chi connectivity index (χ1n) is 2.39. The van der Waals surface area contributed by atoms with E-state index in [4.69, 9.17) is 0 Å². The molecule has 0 aromatic carbocycles. The second-order valence-corrected chi connectivity index (χ2v) is 1.56. The van der Waals surface area contributed by atoms with Gasteiger partial charge >= 0.3 is 0 Å². The molecule has 0 aromatic rings. The van der Waals surface area contributed by atoms with Crippen LogP contribution in [0.15, 0.2) is 5.18 Å². The monoisotopic (exact) mass is 133 g/mol. The maximum atomic E-state index is 10.1. The van der Waals surface area contributed by atoms with Crippen molar-refractivity contribution < 1.29 is 9.68 Å². The van der Waals surface area contributed by atoms with Crippen molar-refractivity contribution in [2.45, 2.75) is 6.10 Å². The molecule has 1 rings (SSSR count). The molecule has 0 amide bonds. The van der Waals surface area contributed by atoms with Gasteiger partial charge in [-0.2, -0.15) is 4.91 Å². The van der Waals surface area contributed by atoms with Gasteiger partial charge in [0.05, 0.1) is 0 Å². The molecule has 1 atom stereocenters. The molecule has 0 radical (unpaired) electrons. The van der Waals surface area contributed by atoms with E-state index in [2.05, 4.69) is 14.9 Å². The summed E-state index contributed by atoms with van der Waals surface area (Å²) in [5.41, 5.74) is 0. The van der Waals surface area contributed by atoms with Crippen molar-refractivity contribution in [3.05, 3.63) is 10.1 Å². The van der Waals surface area contributed by atoms with Crippen LogP contribution >= 0.6 is 0 Å². The zero-order valence-corrected chi connectivity index (χ0v) is 4.52. The minimum Gasteiger partial charge on any atom is -0.738 e. The van der Waals surface area contributed by atoms with E-state index < -0.39 is 6.10 Å². The summed E-state index contributed by atoms with van der Waals surface area (Å²) in [5, 5.41) is 12.6. The van der Waals surface area contributed by atoms with Gasteiger partial charge in [0, 0.05) is 0 Å². The quantitative estimate of drug-likeness (QED) is 0.487. The number of hydrogen-bond donors (Lipinski definition) is 0. The molecule has 6 nitrogen and oxygen atoms in total. The summed E-state index contributed by atoms with van der Waals surface area (Å²) in [5.74, 6) is 0. The number of rotatable bonds is 2. The van der Waals surface area contributed by atoms with Crippen molar-refractivity contribution in [2.24, 2.45) is 5.18 Å². The van der Waals surface area contributed by atoms with Crippen LogP contribution in [0.4, 0.5) is 0 Å². The minimum absolute atomic E-state index is 0.0180. The van der Waals surface area contributed by atoms with Gasteiger partial charge in [-0.25, -0.2) is 0 Å².